The number of benzene rings is 3. The van der Waals surface area contributed by atoms with Crippen molar-refractivity contribution in [3.05, 3.63) is 106 Å². The van der Waals surface area contributed by atoms with Crippen LogP contribution in [0.4, 0.5) is 8.78 Å². The van der Waals surface area contributed by atoms with E-state index in [1.165, 1.54) is 6.07 Å². The van der Waals surface area contributed by atoms with Crippen LogP contribution in [-0.2, 0) is 13.0 Å². The fourth-order valence-electron chi connectivity index (χ4n) is 4.09. The molecule has 3 aromatic carbocycles. The molecule has 0 saturated carbocycles. The molecule has 0 radical (unpaired) electrons. The summed E-state index contributed by atoms with van der Waals surface area (Å²) >= 11 is 0. The number of amides is 1. The summed E-state index contributed by atoms with van der Waals surface area (Å²) in [7, 11) is 1.60. The average molecular weight is 504 g/mol. The third-order valence-electron chi connectivity index (χ3n) is 5.97. The Morgan fingerprint density at radius 1 is 1.05 bits per heavy atom. The molecule has 7 nitrogen and oxygen atoms in total. The van der Waals surface area contributed by atoms with Crippen molar-refractivity contribution in [3.63, 3.8) is 0 Å². The quantitative estimate of drug-likeness (QED) is 0.306. The molecule has 9 heteroatoms. The Hall–Kier alpha value is -4.66. The molecule has 0 aliphatic heterocycles. The molecular formula is C28H22F2N2O5. The van der Waals surface area contributed by atoms with Crippen molar-refractivity contribution in [1.29, 1.82) is 0 Å². The summed E-state index contributed by atoms with van der Waals surface area (Å²) in [6.07, 6.45) is 2.44. The summed E-state index contributed by atoms with van der Waals surface area (Å²) in [6.45, 7) is 0.236. The summed E-state index contributed by atoms with van der Waals surface area (Å²) in [6, 6.07) is 15.0. The summed E-state index contributed by atoms with van der Waals surface area (Å²) < 4.78 is 43.3. The van der Waals surface area contributed by atoms with Gasteiger partial charge in [-0.1, -0.05) is 12.1 Å². The number of fused-ring (bicyclic) bond motifs is 2. The third-order valence-corrected chi connectivity index (χ3v) is 5.97. The number of carbonyl (C=O) groups is 1. The standard InChI is InChI=1S/C28H22F2N2O5/c1-35-18-6-8-22-19(12-18)17(14-32-22)9-10-31-28(34)26-13-23(33)27-24(3-2-4-25(27)37-26)36-15-16-5-7-20(29)21(30)11-16/h2-8,11-14,32H,9-10,15H2,1H3,(H,31,34). The van der Waals surface area contributed by atoms with Crippen molar-refractivity contribution in [2.75, 3.05) is 13.7 Å². The van der Waals surface area contributed by atoms with E-state index in [1.54, 1.807) is 25.3 Å². The number of methoxy groups -OCH3 is 1. The molecule has 0 fully saturated rings. The van der Waals surface area contributed by atoms with Crippen LogP contribution in [0.25, 0.3) is 21.9 Å². The fraction of sp³-hybridized carbons (Fsp3) is 0.143. The highest BCUT2D eigenvalue weighted by Gasteiger charge is 2.16. The second kappa shape index (κ2) is 10.1. The third kappa shape index (κ3) is 5.02. The Balaban J connectivity index is 1.29. The van der Waals surface area contributed by atoms with Crippen LogP contribution in [0, 0.1) is 11.6 Å². The van der Waals surface area contributed by atoms with Gasteiger partial charge in [0.25, 0.3) is 5.91 Å². The molecule has 0 atom stereocenters. The molecule has 188 valence electrons. The molecule has 2 heterocycles. The Kier molecular flexibility index (Phi) is 6.59. The Morgan fingerprint density at radius 3 is 2.73 bits per heavy atom. The highest BCUT2D eigenvalue weighted by molar-refractivity contribution is 5.94. The highest BCUT2D eigenvalue weighted by atomic mass is 19.2. The number of hydrogen-bond acceptors (Lipinski definition) is 5. The van der Waals surface area contributed by atoms with E-state index in [0.29, 0.717) is 18.5 Å². The Labute approximate surface area is 209 Å². The Morgan fingerprint density at radius 2 is 1.92 bits per heavy atom. The van der Waals surface area contributed by atoms with E-state index < -0.39 is 23.0 Å². The lowest BCUT2D eigenvalue weighted by Crippen LogP contribution is -2.26. The topological polar surface area (TPSA) is 93.6 Å². The van der Waals surface area contributed by atoms with E-state index in [1.807, 2.05) is 24.4 Å². The van der Waals surface area contributed by atoms with Gasteiger partial charge in [0.2, 0.25) is 0 Å². The largest absolute Gasteiger partial charge is 0.497 e. The van der Waals surface area contributed by atoms with Crippen molar-refractivity contribution >= 4 is 27.8 Å². The van der Waals surface area contributed by atoms with Crippen LogP contribution < -0.4 is 20.2 Å². The number of carbonyl (C=O) groups excluding carboxylic acids is 1. The molecule has 37 heavy (non-hydrogen) atoms. The first-order chi connectivity index (χ1) is 17.9. The number of hydrogen-bond donors (Lipinski definition) is 2. The van der Waals surface area contributed by atoms with Crippen molar-refractivity contribution in [1.82, 2.24) is 10.3 Å². The fourth-order valence-corrected chi connectivity index (χ4v) is 4.09. The zero-order valence-corrected chi connectivity index (χ0v) is 19.8. The molecule has 5 rings (SSSR count). The Bertz CT molecular complexity index is 1680. The number of aromatic amines is 1. The lowest BCUT2D eigenvalue weighted by molar-refractivity contribution is 0.0927. The smallest absolute Gasteiger partial charge is 0.287 e. The molecule has 0 unspecified atom stereocenters. The zero-order chi connectivity index (χ0) is 25.9. The van der Waals surface area contributed by atoms with E-state index in [2.05, 4.69) is 10.3 Å². The van der Waals surface area contributed by atoms with Crippen molar-refractivity contribution in [2.45, 2.75) is 13.0 Å². The van der Waals surface area contributed by atoms with Crippen molar-refractivity contribution in [3.8, 4) is 11.5 Å². The maximum atomic E-state index is 13.5. The van der Waals surface area contributed by atoms with Gasteiger partial charge in [-0.2, -0.15) is 0 Å². The SMILES string of the molecule is COc1ccc2[nH]cc(CCNC(=O)c3cc(=O)c4c(OCc5ccc(F)c(F)c5)cccc4o3)c2c1. The molecule has 5 aromatic rings. The number of nitrogens with one attached hydrogen (secondary N) is 2. The number of ether oxygens (including phenoxy) is 2. The van der Waals surface area contributed by atoms with Gasteiger partial charge in [0.1, 0.15) is 29.1 Å². The van der Waals surface area contributed by atoms with Crippen molar-refractivity contribution in [2.24, 2.45) is 0 Å². The predicted molar refractivity (Wildman–Crippen MR) is 134 cm³/mol. The van der Waals surface area contributed by atoms with Gasteiger partial charge in [0, 0.05) is 29.7 Å². The van der Waals surface area contributed by atoms with Crippen LogP contribution in [0.5, 0.6) is 11.5 Å². The predicted octanol–water partition coefficient (Wildman–Crippen LogP) is 5.11. The van der Waals surface area contributed by atoms with Crippen LogP contribution in [0.3, 0.4) is 0 Å². The lowest BCUT2D eigenvalue weighted by Gasteiger charge is -2.10. The van der Waals surface area contributed by atoms with Crippen LogP contribution >= 0.6 is 0 Å². The maximum absolute atomic E-state index is 13.5. The summed E-state index contributed by atoms with van der Waals surface area (Å²) in [5.74, 6) is -1.65. The first kappa shape index (κ1) is 24.1. The summed E-state index contributed by atoms with van der Waals surface area (Å²) in [5, 5.41) is 3.93. The maximum Gasteiger partial charge on any atom is 0.287 e. The molecule has 0 saturated heterocycles. The second-order valence-electron chi connectivity index (χ2n) is 8.37. The molecule has 0 spiro atoms. The van der Waals surface area contributed by atoms with E-state index in [4.69, 9.17) is 13.9 Å². The van der Waals surface area contributed by atoms with Gasteiger partial charge in [-0.05, 0) is 60.0 Å². The van der Waals surface area contributed by atoms with Gasteiger partial charge in [0.15, 0.2) is 22.8 Å². The number of H-pyrrole nitrogens is 1. The van der Waals surface area contributed by atoms with Crippen LogP contribution in [0.15, 0.2) is 76.1 Å². The van der Waals surface area contributed by atoms with Gasteiger partial charge in [0.05, 0.1) is 7.11 Å². The van der Waals surface area contributed by atoms with E-state index >= 15 is 0 Å². The molecule has 0 aliphatic carbocycles. The highest BCUT2D eigenvalue weighted by Crippen LogP contribution is 2.25. The summed E-state index contributed by atoms with van der Waals surface area (Å²) in [4.78, 5) is 28.8. The van der Waals surface area contributed by atoms with Crippen LogP contribution in [-0.4, -0.2) is 24.5 Å². The van der Waals surface area contributed by atoms with Crippen LogP contribution in [0.1, 0.15) is 21.7 Å². The first-order valence-corrected chi connectivity index (χ1v) is 11.5. The minimum atomic E-state index is -0.987. The van der Waals surface area contributed by atoms with E-state index in [-0.39, 0.29) is 29.1 Å². The van der Waals surface area contributed by atoms with Crippen LogP contribution in [0.2, 0.25) is 0 Å². The number of halogens is 2. The van der Waals surface area contributed by atoms with Gasteiger partial charge in [-0.15, -0.1) is 0 Å². The normalized spacial score (nSPS) is 11.1. The van der Waals surface area contributed by atoms with Gasteiger partial charge >= 0.3 is 0 Å². The molecule has 0 aliphatic rings. The molecule has 0 bridgehead atoms. The zero-order valence-electron chi connectivity index (χ0n) is 19.8. The number of aromatic nitrogens is 1. The molecular weight excluding hydrogens is 482 g/mol. The minimum absolute atomic E-state index is 0.0856. The van der Waals surface area contributed by atoms with Crippen molar-refractivity contribution < 1.29 is 27.5 Å². The van der Waals surface area contributed by atoms with E-state index in [9.17, 15) is 18.4 Å². The molecule has 2 N–H and O–H groups in total. The van der Waals surface area contributed by atoms with Gasteiger partial charge in [-0.3, -0.25) is 9.59 Å². The average Bonchev–Trinajstić information content (AvgIpc) is 3.31. The molecule has 2 aromatic heterocycles. The molecule has 1 amide bonds. The monoisotopic (exact) mass is 504 g/mol. The van der Waals surface area contributed by atoms with Gasteiger partial charge < -0.3 is 24.2 Å². The van der Waals surface area contributed by atoms with E-state index in [0.717, 1.165) is 40.4 Å². The van der Waals surface area contributed by atoms with Gasteiger partial charge in [-0.25, -0.2) is 8.78 Å². The first-order valence-electron chi connectivity index (χ1n) is 11.5. The minimum Gasteiger partial charge on any atom is -0.497 e. The lowest BCUT2D eigenvalue weighted by atomic mass is 10.1. The summed E-state index contributed by atoms with van der Waals surface area (Å²) in [5.41, 5.74) is 2.08. The second-order valence-corrected chi connectivity index (χ2v) is 8.37. The number of rotatable bonds is 8.